The highest BCUT2D eigenvalue weighted by atomic mass is 16.2. The zero-order chi connectivity index (χ0) is 20.1. The molecule has 6 heteroatoms. The highest BCUT2D eigenvalue weighted by Crippen LogP contribution is 2.21. The number of imidazole rings is 1. The normalized spacial score (nSPS) is 19.8. The molecule has 1 aliphatic rings. The van der Waals surface area contributed by atoms with Crippen LogP contribution in [0.1, 0.15) is 62.1 Å². The minimum atomic E-state index is -0.0939. The molecule has 1 aliphatic heterocycles. The predicted octanol–water partition coefficient (Wildman–Crippen LogP) is 3.44. The summed E-state index contributed by atoms with van der Waals surface area (Å²) in [5.41, 5.74) is 2.11. The van der Waals surface area contributed by atoms with Crippen LogP contribution < -0.4 is 5.32 Å². The van der Waals surface area contributed by atoms with Crippen LogP contribution in [-0.2, 0) is 4.79 Å². The lowest BCUT2D eigenvalue weighted by Crippen LogP contribution is -2.42. The van der Waals surface area contributed by atoms with E-state index in [0.29, 0.717) is 30.5 Å². The Kier molecular flexibility index (Phi) is 6.70. The lowest BCUT2D eigenvalue weighted by Gasteiger charge is -2.35. The number of unbranched alkanes of at least 4 members (excludes halogenated alkanes) is 2. The fraction of sp³-hybridized carbons (Fsp3) is 0.591. The average molecular weight is 385 g/mol. The Morgan fingerprint density at radius 1 is 1.14 bits per heavy atom. The molecule has 0 bridgehead atoms. The van der Waals surface area contributed by atoms with E-state index in [0.717, 1.165) is 43.7 Å². The number of piperidine rings is 1. The number of carbonyl (C=O) groups excluding carboxylic acids is 2. The third kappa shape index (κ3) is 4.91. The van der Waals surface area contributed by atoms with Gasteiger partial charge in [-0.05, 0) is 50.2 Å². The van der Waals surface area contributed by atoms with Crippen molar-refractivity contribution in [1.82, 2.24) is 19.6 Å². The number of hydrogen-bond donors (Lipinski definition) is 1. The number of rotatable bonds is 7. The number of hydrogen-bond acceptors (Lipinski definition) is 3. The second-order valence-electron chi connectivity index (χ2n) is 8.29. The van der Waals surface area contributed by atoms with Crippen molar-refractivity contribution in [1.29, 1.82) is 0 Å². The van der Waals surface area contributed by atoms with E-state index in [1.54, 1.807) is 0 Å². The lowest BCUT2D eigenvalue weighted by molar-refractivity contribution is -0.134. The molecule has 3 rings (SSSR count). The van der Waals surface area contributed by atoms with Gasteiger partial charge in [0.2, 0.25) is 5.91 Å². The molecule has 1 fully saturated rings. The monoisotopic (exact) mass is 384 g/mol. The molecular formula is C22H32N4O2. The molecule has 0 saturated carbocycles. The molecule has 28 heavy (non-hydrogen) atoms. The van der Waals surface area contributed by atoms with Gasteiger partial charge in [0, 0.05) is 32.3 Å². The summed E-state index contributed by atoms with van der Waals surface area (Å²) in [6.45, 7) is 8.73. The molecule has 0 aromatic carbocycles. The van der Waals surface area contributed by atoms with Crippen LogP contribution in [-0.4, -0.2) is 45.7 Å². The third-order valence-corrected chi connectivity index (χ3v) is 5.49. The number of pyridine rings is 1. The number of likely N-dealkylation sites (tertiary alicyclic amines) is 1. The van der Waals surface area contributed by atoms with Gasteiger partial charge >= 0.3 is 0 Å². The quantitative estimate of drug-likeness (QED) is 0.744. The Hall–Kier alpha value is -2.37. The van der Waals surface area contributed by atoms with Gasteiger partial charge in [-0.25, -0.2) is 4.98 Å². The van der Waals surface area contributed by atoms with E-state index in [-0.39, 0.29) is 11.8 Å². The summed E-state index contributed by atoms with van der Waals surface area (Å²) in [6, 6.07) is 5.70. The largest absolute Gasteiger partial charge is 0.351 e. The van der Waals surface area contributed by atoms with Crippen molar-refractivity contribution in [3.63, 3.8) is 0 Å². The van der Waals surface area contributed by atoms with Gasteiger partial charge in [0.15, 0.2) is 0 Å². The smallest absolute Gasteiger partial charge is 0.270 e. The van der Waals surface area contributed by atoms with Crippen molar-refractivity contribution < 1.29 is 9.59 Å². The minimum absolute atomic E-state index is 0.0939. The van der Waals surface area contributed by atoms with Crippen LogP contribution in [0.15, 0.2) is 24.4 Å². The van der Waals surface area contributed by atoms with Crippen LogP contribution in [0.4, 0.5) is 0 Å². The van der Waals surface area contributed by atoms with Crippen molar-refractivity contribution in [2.24, 2.45) is 11.8 Å². The van der Waals surface area contributed by atoms with E-state index in [2.05, 4.69) is 24.1 Å². The van der Waals surface area contributed by atoms with Gasteiger partial charge in [0.25, 0.3) is 5.91 Å². The van der Waals surface area contributed by atoms with Crippen LogP contribution in [0.5, 0.6) is 0 Å². The van der Waals surface area contributed by atoms with E-state index >= 15 is 0 Å². The second-order valence-corrected chi connectivity index (χ2v) is 8.29. The SMILES string of the molecule is Cc1nc2ccccn2c1C(=O)NCCCCCC(=O)N1CC(C)CC(C)C1. The van der Waals surface area contributed by atoms with E-state index in [4.69, 9.17) is 0 Å². The first-order valence-corrected chi connectivity index (χ1v) is 10.5. The van der Waals surface area contributed by atoms with Crippen LogP contribution in [0.3, 0.4) is 0 Å². The number of carbonyl (C=O) groups is 2. The zero-order valence-electron chi connectivity index (χ0n) is 17.3. The molecule has 2 amide bonds. The second kappa shape index (κ2) is 9.22. The molecule has 1 saturated heterocycles. The number of nitrogens with zero attached hydrogens (tertiary/aromatic N) is 3. The Labute approximate surface area is 167 Å². The first-order valence-electron chi connectivity index (χ1n) is 10.5. The molecule has 152 valence electrons. The molecule has 6 nitrogen and oxygen atoms in total. The van der Waals surface area contributed by atoms with E-state index in [1.807, 2.05) is 40.6 Å². The Balaban J connectivity index is 1.37. The highest BCUT2D eigenvalue weighted by Gasteiger charge is 2.24. The number of aromatic nitrogens is 2. The Bertz CT molecular complexity index is 819. The first kappa shape index (κ1) is 20.4. The van der Waals surface area contributed by atoms with Crippen LogP contribution in [0.25, 0.3) is 5.65 Å². The van der Waals surface area contributed by atoms with Crippen molar-refractivity contribution in [2.75, 3.05) is 19.6 Å². The molecule has 0 radical (unpaired) electrons. The Morgan fingerprint density at radius 3 is 2.64 bits per heavy atom. The predicted molar refractivity (Wildman–Crippen MR) is 110 cm³/mol. The molecule has 2 aromatic heterocycles. The first-order chi connectivity index (χ1) is 13.5. The summed E-state index contributed by atoms with van der Waals surface area (Å²) in [6.07, 6.45) is 6.38. The van der Waals surface area contributed by atoms with Crippen molar-refractivity contribution >= 4 is 17.5 Å². The van der Waals surface area contributed by atoms with E-state index in [9.17, 15) is 9.59 Å². The van der Waals surface area contributed by atoms with Crippen molar-refractivity contribution in [2.45, 2.75) is 52.9 Å². The van der Waals surface area contributed by atoms with Crippen LogP contribution >= 0.6 is 0 Å². The lowest BCUT2D eigenvalue weighted by atomic mass is 9.91. The van der Waals surface area contributed by atoms with Crippen LogP contribution in [0.2, 0.25) is 0 Å². The van der Waals surface area contributed by atoms with Gasteiger partial charge in [-0.1, -0.05) is 26.3 Å². The van der Waals surface area contributed by atoms with Gasteiger partial charge in [-0.3, -0.25) is 14.0 Å². The molecule has 2 unspecified atom stereocenters. The standard InChI is InChI=1S/C22H32N4O2/c1-16-13-17(2)15-25(14-16)20(27)10-5-4-7-11-23-22(28)21-18(3)24-19-9-6-8-12-26(19)21/h6,8-9,12,16-17H,4-5,7,10-11,13-15H2,1-3H3,(H,23,28). The maximum Gasteiger partial charge on any atom is 0.270 e. The molecular weight excluding hydrogens is 352 g/mol. The number of aryl methyl sites for hydroxylation is 1. The third-order valence-electron chi connectivity index (χ3n) is 5.49. The van der Waals surface area contributed by atoms with Gasteiger partial charge in [-0.15, -0.1) is 0 Å². The van der Waals surface area contributed by atoms with Crippen molar-refractivity contribution in [3.05, 3.63) is 35.8 Å². The molecule has 0 aliphatic carbocycles. The van der Waals surface area contributed by atoms with Gasteiger partial charge in [-0.2, -0.15) is 0 Å². The van der Waals surface area contributed by atoms with Gasteiger partial charge < -0.3 is 10.2 Å². The summed E-state index contributed by atoms with van der Waals surface area (Å²) in [7, 11) is 0. The van der Waals surface area contributed by atoms with Gasteiger partial charge in [0.05, 0.1) is 5.69 Å². The molecule has 2 aromatic rings. The maximum absolute atomic E-state index is 12.5. The van der Waals surface area contributed by atoms with E-state index in [1.165, 1.54) is 6.42 Å². The molecule has 2 atom stereocenters. The molecule has 3 heterocycles. The Morgan fingerprint density at radius 2 is 1.89 bits per heavy atom. The fourth-order valence-electron chi connectivity index (χ4n) is 4.28. The minimum Gasteiger partial charge on any atom is -0.351 e. The molecule has 1 N–H and O–H groups in total. The summed E-state index contributed by atoms with van der Waals surface area (Å²) in [4.78, 5) is 31.4. The van der Waals surface area contributed by atoms with Gasteiger partial charge in [0.1, 0.15) is 11.3 Å². The summed E-state index contributed by atoms with van der Waals surface area (Å²) in [5.74, 6) is 1.39. The topological polar surface area (TPSA) is 66.7 Å². The zero-order valence-corrected chi connectivity index (χ0v) is 17.3. The summed E-state index contributed by atoms with van der Waals surface area (Å²) >= 11 is 0. The number of amides is 2. The van der Waals surface area contributed by atoms with E-state index < -0.39 is 0 Å². The molecule has 0 spiro atoms. The summed E-state index contributed by atoms with van der Waals surface area (Å²) < 4.78 is 1.82. The highest BCUT2D eigenvalue weighted by molar-refractivity contribution is 5.94. The maximum atomic E-state index is 12.5. The van der Waals surface area contributed by atoms with Crippen molar-refractivity contribution in [3.8, 4) is 0 Å². The summed E-state index contributed by atoms with van der Waals surface area (Å²) in [5, 5.41) is 2.99. The van der Waals surface area contributed by atoms with Crippen LogP contribution in [0, 0.1) is 18.8 Å². The number of fused-ring (bicyclic) bond motifs is 1. The number of nitrogens with one attached hydrogen (secondary N) is 1. The average Bonchev–Trinajstić information content (AvgIpc) is 2.99. The fourth-order valence-corrected chi connectivity index (χ4v) is 4.28.